The highest BCUT2D eigenvalue weighted by Crippen LogP contribution is 2.19. The highest BCUT2D eigenvalue weighted by molar-refractivity contribution is 5.96. The van der Waals surface area contributed by atoms with E-state index in [1.807, 2.05) is 26.0 Å². The molecule has 0 saturated carbocycles. The average Bonchev–Trinajstić information content (AvgIpc) is 2.63. The van der Waals surface area contributed by atoms with Crippen molar-refractivity contribution in [1.82, 2.24) is 10.6 Å². The van der Waals surface area contributed by atoms with Gasteiger partial charge >= 0.3 is 0 Å². The molecule has 1 aromatic carbocycles. The SMILES string of the molecule is CC(C)NC(=O)c1cccc2c1CNC2. The number of fused-ring (bicyclic) bond motifs is 1. The summed E-state index contributed by atoms with van der Waals surface area (Å²) in [7, 11) is 0. The van der Waals surface area contributed by atoms with Crippen molar-refractivity contribution in [2.24, 2.45) is 0 Å². The second kappa shape index (κ2) is 4.03. The molecule has 0 aliphatic carbocycles. The molecule has 15 heavy (non-hydrogen) atoms. The standard InChI is InChI=1S/C12H16N2O/c1-8(2)14-12(15)10-5-3-4-9-6-13-7-11(9)10/h3-5,8,13H,6-7H2,1-2H3,(H,14,15). The zero-order valence-electron chi connectivity index (χ0n) is 9.13. The smallest absolute Gasteiger partial charge is 0.251 e. The molecule has 0 bridgehead atoms. The first kappa shape index (κ1) is 10.2. The number of carbonyl (C=O) groups is 1. The summed E-state index contributed by atoms with van der Waals surface area (Å²) in [6.07, 6.45) is 0. The molecule has 1 aliphatic rings. The van der Waals surface area contributed by atoms with Crippen LogP contribution in [0.4, 0.5) is 0 Å². The zero-order valence-corrected chi connectivity index (χ0v) is 9.13. The van der Waals surface area contributed by atoms with E-state index >= 15 is 0 Å². The van der Waals surface area contributed by atoms with Crippen LogP contribution in [0.25, 0.3) is 0 Å². The number of carbonyl (C=O) groups excluding carboxylic acids is 1. The van der Waals surface area contributed by atoms with Crippen molar-refractivity contribution >= 4 is 5.91 Å². The van der Waals surface area contributed by atoms with Crippen LogP contribution in [0.2, 0.25) is 0 Å². The highest BCUT2D eigenvalue weighted by Gasteiger charge is 2.18. The van der Waals surface area contributed by atoms with Crippen molar-refractivity contribution in [2.45, 2.75) is 33.0 Å². The summed E-state index contributed by atoms with van der Waals surface area (Å²) in [4.78, 5) is 11.9. The monoisotopic (exact) mass is 204 g/mol. The first-order valence-corrected chi connectivity index (χ1v) is 5.31. The minimum absolute atomic E-state index is 0.0329. The molecule has 1 aliphatic heterocycles. The van der Waals surface area contributed by atoms with Crippen LogP contribution >= 0.6 is 0 Å². The third-order valence-electron chi connectivity index (χ3n) is 2.55. The zero-order chi connectivity index (χ0) is 10.8. The Bertz CT molecular complexity index is 385. The highest BCUT2D eigenvalue weighted by atomic mass is 16.1. The summed E-state index contributed by atoms with van der Waals surface area (Å²) in [5, 5.41) is 6.18. The second-order valence-electron chi connectivity index (χ2n) is 4.17. The van der Waals surface area contributed by atoms with E-state index in [4.69, 9.17) is 0 Å². The van der Waals surface area contributed by atoms with Gasteiger partial charge in [-0.3, -0.25) is 4.79 Å². The van der Waals surface area contributed by atoms with Crippen LogP contribution in [0.1, 0.15) is 35.3 Å². The van der Waals surface area contributed by atoms with Gasteiger partial charge in [-0.25, -0.2) is 0 Å². The van der Waals surface area contributed by atoms with Gasteiger partial charge in [0.15, 0.2) is 0 Å². The van der Waals surface area contributed by atoms with Gasteiger partial charge in [-0.1, -0.05) is 12.1 Å². The van der Waals surface area contributed by atoms with E-state index in [-0.39, 0.29) is 11.9 Å². The van der Waals surface area contributed by atoms with Crippen LogP contribution in [0.3, 0.4) is 0 Å². The van der Waals surface area contributed by atoms with Gasteiger partial charge in [0, 0.05) is 24.7 Å². The summed E-state index contributed by atoms with van der Waals surface area (Å²) in [6, 6.07) is 6.09. The fourth-order valence-electron chi connectivity index (χ4n) is 1.88. The van der Waals surface area contributed by atoms with Gasteiger partial charge in [0.1, 0.15) is 0 Å². The molecule has 1 aromatic rings. The number of nitrogens with one attached hydrogen (secondary N) is 2. The summed E-state index contributed by atoms with van der Waals surface area (Å²) >= 11 is 0. The lowest BCUT2D eigenvalue weighted by atomic mass is 10.0. The molecule has 0 radical (unpaired) electrons. The lowest BCUT2D eigenvalue weighted by Crippen LogP contribution is -2.30. The van der Waals surface area contributed by atoms with E-state index in [0.29, 0.717) is 0 Å². The molecule has 80 valence electrons. The first-order valence-electron chi connectivity index (χ1n) is 5.31. The molecule has 3 heteroatoms. The van der Waals surface area contributed by atoms with Crippen molar-refractivity contribution in [1.29, 1.82) is 0 Å². The molecule has 3 nitrogen and oxygen atoms in total. The largest absolute Gasteiger partial charge is 0.350 e. The van der Waals surface area contributed by atoms with E-state index in [1.54, 1.807) is 0 Å². The molecule has 2 rings (SSSR count). The maximum Gasteiger partial charge on any atom is 0.251 e. The molecule has 0 unspecified atom stereocenters. The average molecular weight is 204 g/mol. The Labute approximate surface area is 89.9 Å². The van der Waals surface area contributed by atoms with Crippen LogP contribution in [-0.4, -0.2) is 11.9 Å². The number of amides is 1. The number of benzene rings is 1. The molecule has 0 saturated heterocycles. The molecule has 0 fully saturated rings. The number of hydrogen-bond donors (Lipinski definition) is 2. The van der Waals surface area contributed by atoms with Crippen molar-refractivity contribution < 1.29 is 4.79 Å². The molecule has 0 atom stereocenters. The normalized spacial score (nSPS) is 14.1. The summed E-state index contributed by atoms with van der Waals surface area (Å²) in [5.41, 5.74) is 3.20. The van der Waals surface area contributed by atoms with E-state index in [9.17, 15) is 4.79 Å². The van der Waals surface area contributed by atoms with Crippen molar-refractivity contribution in [3.8, 4) is 0 Å². The predicted molar refractivity (Wildman–Crippen MR) is 59.6 cm³/mol. The third-order valence-corrected chi connectivity index (χ3v) is 2.55. The summed E-state index contributed by atoms with van der Waals surface area (Å²) in [5.74, 6) is 0.0329. The maximum atomic E-state index is 11.9. The Morgan fingerprint density at radius 2 is 2.20 bits per heavy atom. The topological polar surface area (TPSA) is 41.1 Å². The van der Waals surface area contributed by atoms with Gasteiger partial charge in [-0.15, -0.1) is 0 Å². The van der Waals surface area contributed by atoms with E-state index in [2.05, 4.69) is 16.7 Å². The Morgan fingerprint density at radius 3 is 2.93 bits per heavy atom. The Balaban J connectivity index is 2.29. The molecule has 1 heterocycles. The second-order valence-corrected chi connectivity index (χ2v) is 4.17. The van der Waals surface area contributed by atoms with Crippen molar-refractivity contribution in [3.63, 3.8) is 0 Å². The molecule has 0 spiro atoms. The Hall–Kier alpha value is -1.35. The summed E-state index contributed by atoms with van der Waals surface area (Å²) in [6.45, 7) is 5.62. The molecule has 0 aromatic heterocycles. The minimum Gasteiger partial charge on any atom is -0.350 e. The van der Waals surface area contributed by atoms with Gasteiger partial charge in [-0.05, 0) is 31.0 Å². The lowest BCUT2D eigenvalue weighted by molar-refractivity contribution is 0.0942. The first-order chi connectivity index (χ1) is 7.18. The van der Waals surface area contributed by atoms with Crippen LogP contribution < -0.4 is 10.6 Å². The van der Waals surface area contributed by atoms with Gasteiger partial charge in [0.25, 0.3) is 5.91 Å². The maximum absolute atomic E-state index is 11.9. The lowest BCUT2D eigenvalue weighted by Gasteiger charge is -2.11. The molecular weight excluding hydrogens is 188 g/mol. The van der Waals surface area contributed by atoms with Gasteiger partial charge in [0.05, 0.1) is 0 Å². The van der Waals surface area contributed by atoms with Crippen LogP contribution in [0.5, 0.6) is 0 Å². The molecule has 2 N–H and O–H groups in total. The van der Waals surface area contributed by atoms with Crippen molar-refractivity contribution in [2.75, 3.05) is 0 Å². The van der Waals surface area contributed by atoms with Crippen molar-refractivity contribution in [3.05, 3.63) is 34.9 Å². The van der Waals surface area contributed by atoms with Crippen LogP contribution in [0.15, 0.2) is 18.2 Å². The fraction of sp³-hybridized carbons (Fsp3) is 0.417. The van der Waals surface area contributed by atoms with E-state index in [1.165, 1.54) is 5.56 Å². The quantitative estimate of drug-likeness (QED) is 0.765. The van der Waals surface area contributed by atoms with E-state index in [0.717, 1.165) is 24.2 Å². The van der Waals surface area contributed by atoms with E-state index < -0.39 is 0 Å². The predicted octanol–water partition coefficient (Wildman–Crippen LogP) is 1.43. The minimum atomic E-state index is 0.0329. The number of rotatable bonds is 2. The number of hydrogen-bond acceptors (Lipinski definition) is 2. The fourth-order valence-corrected chi connectivity index (χ4v) is 1.88. The van der Waals surface area contributed by atoms with Gasteiger partial charge < -0.3 is 10.6 Å². The Kier molecular flexibility index (Phi) is 2.73. The molecule has 1 amide bonds. The Morgan fingerprint density at radius 1 is 1.40 bits per heavy atom. The van der Waals surface area contributed by atoms with Gasteiger partial charge in [0.2, 0.25) is 0 Å². The molecular formula is C12H16N2O. The third kappa shape index (κ3) is 2.02. The summed E-state index contributed by atoms with van der Waals surface area (Å²) < 4.78 is 0. The van der Waals surface area contributed by atoms with Crippen LogP contribution in [-0.2, 0) is 13.1 Å². The van der Waals surface area contributed by atoms with Gasteiger partial charge in [-0.2, -0.15) is 0 Å². The van der Waals surface area contributed by atoms with Crippen LogP contribution in [0, 0.1) is 0 Å².